The predicted molar refractivity (Wildman–Crippen MR) is 108 cm³/mol. The lowest BCUT2D eigenvalue weighted by Crippen LogP contribution is -2.10. The minimum Gasteiger partial charge on any atom is -0.490 e. The Bertz CT molecular complexity index is 1100. The number of esters is 1. The minimum atomic E-state index is -0.654. The van der Waals surface area contributed by atoms with Crippen LogP contribution < -0.4 is 14.8 Å². The van der Waals surface area contributed by atoms with Crippen LogP contribution in [0.3, 0.4) is 0 Å². The summed E-state index contributed by atoms with van der Waals surface area (Å²) in [5, 5.41) is 12.3. The van der Waals surface area contributed by atoms with Gasteiger partial charge in [0, 0.05) is 6.07 Å². The van der Waals surface area contributed by atoms with Crippen LogP contribution >= 0.6 is 22.9 Å². The summed E-state index contributed by atoms with van der Waals surface area (Å²) in [6, 6.07) is 9.61. The Morgan fingerprint density at radius 1 is 1.34 bits per heavy atom. The number of nitrogens with zero attached hydrogens (tertiary/aromatic N) is 1. The molecule has 1 aromatic carbocycles. The van der Waals surface area contributed by atoms with Crippen LogP contribution in [-0.2, 0) is 0 Å². The smallest absolute Gasteiger partial charge is 0.354 e. The van der Waals surface area contributed by atoms with Crippen LogP contribution in [-0.4, -0.2) is 18.5 Å². The van der Waals surface area contributed by atoms with E-state index in [1.54, 1.807) is 26.0 Å². The Hall–Kier alpha value is -3.28. The van der Waals surface area contributed by atoms with Gasteiger partial charge in [-0.05, 0) is 43.7 Å². The quantitative estimate of drug-likeness (QED) is 0.434. The van der Waals surface area contributed by atoms with Crippen molar-refractivity contribution in [2.45, 2.75) is 13.8 Å². The lowest BCUT2D eigenvalue weighted by molar-refractivity contribution is 0.0732. The monoisotopic (exact) mass is 430 g/mol. The highest BCUT2D eigenvalue weighted by Crippen LogP contribution is 2.38. The molecule has 0 saturated heterocycles. The number of benzene rings is 1. The fraction of sp³-hybridized carbons (Fsp3) is 0.150. The third kappa shape index (κ3) is 4.59. The molecule has 9 heteroatoms. The molecule has 0 radical (unpaired) electrons. The van der Waals surface area contributed by atoms with E-state index in [0.29, 0.717) is 22.0 Å². The maximum atomic E-state index is 12.7. The van der Waals surface area contributed by atoms with Crippen molar-refractivity contribution in [1.29, 1.82) is 5.26 Å². The molecule has 0 atom stereocenters. The van der Waals surface area contributed by atoms with Crippen LogP contribution in [0.5, 0.6) is 11.5 Å². The molecule has 3 rings (SSSR count). The van der Waals surface area contributed by atoms with E-state index in [1.165, 1.54) is 24.5 Å². The molecule has 1 N–H and O–H groups in total. The molecule has 3 aromatic rings. The molecular formula is C20H15ClN2O5S. The van der Waals surface area contributed by atoms with Crippen molar-refractivity contribution < 1.29 is 23.5 Å². The molecule has 0 spiro atoms. The maximum Gasteiger partial charge on any atom is 0.354 e. The van der Waals surface area contributed by atoms with Crippen molar-refractivity contribution in [3.05, 3.63) is 63.4 Å². The molecule has 0 aliphatic rings. The highest BCUT2D eigenvalue weighted by Gasteiger charge is 2.22. The summed E-state index contributed by atoms with van der Waals surface area (Å²) in [5.74, 6) is -0.689. The topological polar surface area (TPSA) is 102 Å². The summed E-state index contributed by atoms with van der Waals surface area (Å²) < 4.78 is 16.0. The molecule has 0 bridgehead atoms. The van der Waals surface area contributed by atoms with E-state index in [1.807, 2.05) is 6.07 Å². The fourth-order valence-electron chi connectivity index (χ4n) is 2.46. The Labute approximate surface area is 175 Å². The van der Waals surface area contributed by atoms with Gasteiger partial charge in [-0.1, -0.05) is 11.6 Å². The van der Waals surface area contributed by atoms with Gasteiger partial charge < -0.3 is 19.2 Å². The zero-order chi connectivity index (χ0) is 21.0. The van der Waals surface area contributed by atoms with E-state index in [2.05, 4.69) is 5.32 Å². The SMILES string of the molecule is CCOc1cc(C#N)cc(Cl)c1OC(=O)c1sc(NC(=O)c2ccco2)cc1C. The zero-order valence-electron chi connectivity index (χ0n) is 15.4. The summed E-state index contributed by atoms with van der Waals surface area (Å²) in [6.45, 7) is 3.78. The molecule has 2 aromatic heterocycles. The van der Waals surface area contributed by atoms with Gasteiger partial charge in [0.2, 0.25) is 0 Å². The number of carbonyl (C=O) groups excluding carboxylic acids is 2. The molecular weight excluding hydrogens is 416 g/mol. The summed E-state index contributed by atoms with van der Waals surface area (Å²) in [7, 11) is 0. The normalized spacial score (nSPS) is 10.3. The Kier molecular flexibility index (Phi) is 6.22. The van der Waals surface area contributed by atoms with E-state index < -0.39 is 11.9 Å². The van der Waals surface area contributed by atoms with E-state index in [-0.39, 0.29) is 27.8 Å². The Balaban J connectivity index is 1.82. The van der Waals surface area contributed by atoms with Gasteiger partial charge in [0.15, 0.2) is 17.3 Å². The number of nitrogens with one attached hydrogen (secondary N) is 1. The molecule has 29 heavy (non-hydrogen) atoms. The number of halogens is 1. The van der Waals surface area contributed by atoms with Gasteiger partial charge in [0.1, 0.15) is 4.88 Å². The van der Waals surface area contributed by atoms with E-state index in [0.717, 1.165) is 11.3 Å². The van der Waals surface area contributed by atoms with Gasteiger partial charge in [-0.15, -0.1) is 11.3 Å². The second-order valence-electron chi connectivity index (χ2n) is 5.77. The van der Waals surface area contributed by atoms with E-state index in [9.17, 15) is 9.59 Å². The number of furan rings is 1. The standard InChI is InChI=1S/C20H15ClN2O5S/c1-3-26-15-9-12(10-22)8-13(21)17(15)28-20(25)18-11(2)7-16(29-18)23-19(24)14-5-4-6-27-14/h4-9H,3H2,1-2H3,(H,23,24). The molecule has 0 aliphatic heterocycles. The number of ether oxygens (including phenoxy) is 2. The molecule has 1 amide bonds. The highest BCUT2D eigenvalue weighted by atomic mass is 35.5. The first kappa shape index (κ1) is 20.5. The van der Waals surface area contributed by atoms with Crippen LogP contribution in [0.1, 0.15) is 38.3 Å². The minimum absolute atomic E-state index is 0.0338. The molecule has 0 fully saturated rings. The number of hydrogen-bond donors (Lipinski definition) is 1. The maximum absolute atomic E-state index is 12.7. The number of aryl methyl sites for hydroxylation is 1. The predicted octanol–water partition coefficient (Wildman–Crippen LogP) is 5.04. The lowest BCUT2D eigenvalue weighted by atomic mass is 10.2. The zero-order valence-corrected chi connectivity index (χ0v) is 17.0. The third-order valence-electron chi connectivity index (χ3n) is 3.72. The number of nitriles is 1. The van der Waals surface area contributed by atoms with Gasteiger partial charge in [0.05, 0.1) is 34.5 Å². The van der Waals surface area contributed by atoms with Gasteiger partial charge in [-0.3, -0.25) is 4.79 Å². The van der Waals surface area contributed by atoms with Crippen LogP contribution in [0, 0.1) is 18.3 Å². The highest BCUT2D eigenvalue weighted by molar-refractivity contribution is 7.18. The fourth-order valence-corrected chi connectivity index (χ4v) is 3.65. The van der Waals surface area contributed by atoms with Crippen molar-refractivity contribution in [1.82, 2.24) is 0 Å². The number of thiophene rings is 1. The van der Waals surface area contributed by atoms with E-state index in [4.69, 9.17) is 30.8 Å². The molecule has 0 aliphatic carbocycles. The van der Waals surface area contributed by atoms with Crippen molar-refractivity contribution in [2.75, 3.05) is 11.9 Å². The van der Waals surface area contributed by atoms with Gasteiger partial charge in [-0.2, -0.15) is 5.26 Å². The summed E-state index contributed by atoms with van der Waals surface area (Å²) in [4.78, 5) is 25.1. The van der Waals surface area contributed by atoms with Crippen LogP contribution in [0.4, 0.5) is 5.00 Å². The average molecular weight is 431 g/mol. The van der Waals surface area contributed by atoms with Crippen LogP contribution in [0.25, 0.3) is 0 Å². The summed E-state index contributed by atoms with van der Waals surface area (Å²) in [6.07, 6.45) is 1.40. The van der Waals surface area contributed by atoms with Crippen LogP contribution in [0.2, 0.25) is 5.02 Å². The average Bonchev–Trinajstić information content (AvgIpc) is 3.34. The number of rotatable bonds is 6. The number of anilines is 1. The Morgan fingerprint density at radius 3 is 2.79 bits per heavy atom. The molecule has 2 heterocycles. The largest absolute Gasteiger partial charge is 0.490 e. The number of amides is 1. The van der Waals surface area contributed by atoms with Crippen molar-refractivity contribution in [2.24, 2.45) is 0 Å². The van der Waals surface area contributed by atoms with Crippen molar-refractivity contribution in [3.8, 4) is 17.6 Å². The van der Waals surface area contributed by atoms with Crippen molar-refractivity contribution in [3.63, 3.8) is 0 Å². The van der Waals surface area contributed by atoms with Gasteiger partial charge in [-0.25, -0.2) is 4.79 Å². The first-order valence-electron chi connectivity index (χ1n) is 8.46. The second-order valence-corrected chi connectivity index (χ2v) is 7.23. The first-order valence-corrected chi connectivity index (χ1v) is 9.66. The molecule has 148 valence electrons. The number of hydrogen-bond acceptors (Lipinski definition) is 7. The second kappa shape index (κ2) is 8.82. The molecule has 0 unspecified atom stereocenters. The number of carbonyl (C=O) groups is 2. The van der Waals surface area contributed by atoms with E-state index >= 15 is 0 Å². The molecule has 7 nitrogen and oxygen atoms in total. The van der Waals surface area contributed by atoms with Crippen molar-refractivity contribution >= 4 is 39.8 Å². The van der Waals surface area contributed by atoms with Crippen LogP contribution in [0.15, 0.2) is 41.0 Å². The van der Waals surface area contributed by atoms with Gasteiger partial charge >= 0.3 is 5.97 Å². The third-order valence-corrected chi connectivity index (χ3v) is 5.13. The van der Waals surface area contributed by atoms with Gasteiger partial charge in [0.25, 0.3) is 5.91 Å². The first-order chi connectivity index (χ1) is 13.9. The summed E-state index contributed by atoms with van der Waals surface area (Å²) >= 11 is 7.24. The summed E-state index contributed by atoms with van der Waals surface area (Å²) in [5.41, 5.74) is 0.908. The Morgan fingerprint density at radius 2 is 2.14 bits per heavy atom. The lowest BCUT2D eigenvalue weighted by Gasteiger charge is -2.12. The molecule has 0 saturated carbocycles.